The van der Waals surface area contributed by atoms with Crippen LogP contribution in [0.4, 0.5) is 0 Å². The third-order valence-corrected chi connectivity index (χ3v) is 3.90. The zero-order chi connectivity index (χ0) is 11.8. The van der Waals surface area contributed by atoms with Crippen LogP contribution in [-0.2, 0) is 4.79 Å². The highest BCUT2D eigenvalue weighted by molar-refractivity contribution is 5.81. The predicted molar refractivity (Wildman–Crippen MR) is 66.2 cm³/mol. The zero-order valence-electron chi connectivity index (χ0n) is 10.1. The van der Waals surface area contributed by atoms with E-state index in [4.69, 9.17) is 0 Å². The van der Waals surface area contributed by atoms with Gasteiger partial charge in [0.2, 0.25) is 5.91 Å². The van der Waals surface area contributed by atoms with Crippen LogP contribution in [0.25, 0.3) is 0 Å². The van der Waals surface area contributed by atoms with Crippen molar-refractivity contribution in [2.24, 2.45) is 5.92 Å². The van der Waals surface area contributed by atoms with Crippen LogP contribution in [0.3, 0.4) is 0 Å². The molecule has 1 aliphatic heterocycles. The highest BCUT2D eigenvalue weighted by atomic mass is 16.2. The Kier molecular flexibility index (Phi) is 2.63. The molecule has 1 saturated heterocycles. The van der Waals surface area contributed by atoms with Crippen LogP contribution in [0.2, 0.25) is 0 Å². The minimum Gasteiger partial charge on any atom is -0.319 e. The molecule has 2 fully saturated rings. The Hall–Kier alpha value is -1.35. The molecule has 0 radical (unpaired) electrons. The number of hydrogen-bond acceptors (Lipinski definition) is 2. The SMILES string of the molecule is CCC1CC1N1C(=O)CNC1c1ccccc1. The van der Waals surface area contributed by atoms with E-state index in [1.54, 1.807) is 0 Å². The summed E-state index contributed by atoms with van der Waals surface area (Å²) in [5.41, 5.74) is 1.19. The van der Waals surface area contributed by atoms with Crippen molar-refractivity contribution in [1.82, 2.24) is 10.2 Å². The van der Waals surface area contributed by atoms with Gasteiger partial charge in [0, 0.05) is 6.04 Å². The van der Waals surface area contributed by atoms with Crippen LogP contribution in [0.1, 0.15) is 31.5 Å². The molecule has 3 atom stereocenters. The number of nitrogens with zero attached hydrogens (tertiary/aromatic N) is 1. The molecule has 1 aromatic rings. The number of rotatable bonds is 3. The van der Waals surface area contributed by atoms with E-state index in [1.165, 1.54) is 18.4 Å². The van der Waals surface area contributed by atoms with Crippen LogP contribution in [0.5, 0.6) is 0 Å². The van der Waals surface area contributed by atoms with E-state index >= 15 is 0 Å². The summed E-state index contributed by atoms with van der Waals surface area (Å²) in [5, 5.41) is 3.32. The van der Waals surface area contributed by atoms with Gasteiger partial charge in [0.15, 0.2) is 0 Å². The lowest BCUT2D eigenvalue weighted by Gasteiger charge is -2.25. The molecule has 1 aliphatic carbocycles. The Balaban J connectivity index is 1.83. The van der Waals surface area contributed by atoms with Crippen molar-refractivity contribution in [3.8, 4) is 0 Å². The van der Waals surface area contributed by atoms with E-state index in [2.05, 4.69) is 29.3 Å². The third kappa shape index (κ3) is 1.84. The van der Waals surface area contributed by atoms with Gasteiger partial charge in [0.25, 0.3) is 0 Å². The van der Waals surface area contributed by atoms with Crippen molar-refractivity contribution in [1.29, 1.82) is 0 Å². The lowest BCUT2D eigenvalue weighted by atomic mass is 10.1. The minimum absolute atomic E-state index is 0.0882. The number of benzene rings is 1. The monoisotopic (exact) mass is 230 g/mol. The first-order chi connectivity index (χ1) is 8.31. The highest BCUT2D eigenvalue weighted by Crippen LogP contribution is 2.42. The molecular formula is C14H18N2O. The fourth-order valence-electron chi connectivity index (χ4n) is 2.82. The molecule has 3 nitrogen and oxygen atoms in total. The molecular weight excluding hydrogens is 212 g/mol. The number of carbonyl (C=O) groups excluding carboxylic acids is 1. The fourth-order valence-corrected chi connectivity index (χ4v) is 2.82. The molecule has 0 spiro atoms. The maximum Gasteiger partial charge on any atom is 0.238 e. The maximum absolute atomic E-state index is 12.0. The molecule has 0 bridgehead atoms. The molecule has 3 rings (SSSR count). The fraction of sp³-hybridized carbons (Fsp3) is 0.500. The Labute approximate surface area is 102 Å². The summed E-state index contributed by atoms with van der Waals surface area (Å²) in [6.07, 6.45) is 2.44. The molecule has 0 aromatic heterocycles. The summed E-state index contributed by atoms with van der Waals surface area (Å²) in [6, 6.07) is 10.7. The van der Waals surface area contributed by atoms with Crippen LogP contribution < -0.4 is 5.32 Å². The van der Waals surface area contributed by atoms with Gasteiger partial charge in [-0.25, -0.2) is 0 Å². The number of nitrogens with one attached hydrogen (secondary N) is 1. The van der Waals surface area contributed by atoms with E-state index in [1.807, 2.05) is 18.2 Å². The molecule has 90 valence electrons. The first-order valence-corrected chi connectivity index (χ1v) is 6.40. The van der Waals surface area contributed by atoms with Gasteiger partial charge in [0.05, 0.1) is 6.54 Å². The second-order valence-electron chi connectivity index (χ2n) is 4.97. The molecule has 17 heavy (non-hydrogen) atoms. The van der Waals surface area contributed by atoms with Crippen molar-refractivity contribution in [3.05, 3.63) is 35.9 Å². The van der Waals surface area contributed by atoms with Gasteiger partial charge in [-0.2, -0.15) is 0 Å². The van der Waals surface area contributed by atoms with Crippen molar-refractivity contribution in [2.75, 3.05) is 6.54 Å². The maximum atomic E-state index is 12.0. The van der Waals surface area contributed by atoms with Gasteiger partial charge in [-0.3, -0.25) is 10.1 Å². The summed E-state index contributed by atoms with van der Waals surface area (Å²) in [4.78, 5) is 14.0. The molecule has 3 heteroatoms. The lowest BCUT2D eigenvalue weighted by Crippen LogP contribution is -2.33. The van der Waals surface area contributed by atoms with Gasteiger partial charge in [0.1, 0.15) is 6.17 Å². The van der Waals surface area contributed by atoms with Crippen LogP contribution >= 0.6 is 0 Å². The molecule has 2 aliphatic rings. The van der Waals surface area contributed by atoms with Crippen LogP contribution in [0.15, 0.2) is 30.3 Å². The Morgan fingerprint density at radius 1 is 1.35 bits per heavy atom. The van der Waals surface area contributed by atoms with Gasteiger partial charge >= 0.3 is 0 Å². The Bertz CT molecular complexity index is 417. The van der Waals surface area contributed by atoms with E-state index in [-0.39, 0.29) is 12.1 Å². The number of amides is 1. The van der Waals surface area contributed by atoms with E-state index in [0.717, 1.165) is 0 Å². The van der Waals surface area contributed by atoms with E-state index in [0.29, 0.717) is 18.5 Å². The number of carbonyl (C=O) groups is 1. The molecule has 1 N–H and O–H groups in total. The van der Waals surface area contributed by atoms with Crippen LogP contribution in [-0.4, -0.2) is 23.4 Å². The van der Waals surface area contributed by atoms with E-state index in [9.17, 15) is 4.79 Å². The summed E-state index contributed by atoms with van der Waals surface area (Å²) >= 11 is 0. The number of hydrogen-bond donors (Lipinski definition) is 1. The first-order valence-electron chi connectivity index (χ1n) is 6.40. The average molecular weight is 230 g/mol. The highest BCUT2D eigenvalue weighted by Gasteiger charge is 2.47. The van der Waals surface area contributed by atoms with Crippen molar-refractivity contribution >= 4 is 5.91 Å². The predicted octanol–water partition coefficient (Wildman–Crippen LogP) is 1.92. The quantitative estimate of drug-likeness (QED) is 0.860. The third-order valence-electron chi connectivity index (χ3n) is 3.90. The lowest BCUT2D eigenvalue weighted by molar-refractivity contribution is -0.128. The normalized spacial score (nSPS) is 31.9. The van der Waals surface area contributed by atoms with Crippen LogP contribution in [0, 0.1) is 5.92 Å². The molecule has 1 aromatic carbocycles. The van der Waals surface area contributed by atoms with Crippen molar-refractivity contribution in [3.63, 3.8) is 0 Å². The molecule has 1 heterocycles. The molecule has 1 saturated carbocycles. The summed E-state index contributed by atoms with van der Waals surface area (Å²) < 4.78 is 0. The standard InChI is InChI=1S/C14H18N2O/c1-2-10-8-12(10)16-13(17)9-15-14(16)11-6-4-3-5-7-11/h3-7,10,12,14-15H,2,8-9H2,1H3. The van der Waals surface area contributed by atoms with E-state index < -0.39 is 0 Å². The largest absolute Gasteiger partial charge is 0.319 e. The zero-order valence-corrected chi connectivity index (χ0v) is 10.1. The Morgan fingerprint density at radius 2 is 2.12 bits per heavy atom. The minimum atomic E-state index is 0.0882. The first kappa shape index (κ1) is 10.8. The van der Waals surface area contributed by atoms with Gasteiger partial charge in [-0.1, -0.05) is 43.7 Å². The van der Waals surface area contributed by atoms with Gasteiger partial charge < -0.3 is 4.90 Å². The van der Waals surface area contributed by atoms with Crippen molar-refractivity contribution < 1.29 is 4.79 Å². The van der Waals surface area contributed by atoms with Gasteiger partial charge in [-0.05, 0) is 17.9 Å². The summed E-state index contributed by atoms with van der Waals surface area (Å²) in [5.74, 6) is 0.963. The Morgan fingerprint density at radius 3 is 2.76 bits per heavy atom. The summed E-state index contributed by atoms with van der Waals surface area (Å²) in [6.45, 7) is 2.68. The average Bonchev–Trinajstić information content (AvgIpc) is 3.05. The molecule has 1 amide bonds. The smallest absolute Gasteiger partial charge is 0.238 e. The second kappa shape index (κ2) is 4.15. The van der Waals surface area contributed by atoms with Crippen molar-refractivity contribution in [2.45, 2.75) is 32.0 Å². The summed E-state index contributed by atoms with van der Waals surface area (Å²) in [7, 11) is 0. The topological polar surface area (TPSA) is 32.3 Å². The second-order valence-corrected chi connectivity index (χ2v) is 4.97. The van der Waals surface area contributed by atoms with Gasteiger partial charge in [-0.15, -0.1) is 0 Å². The molecule has 3 unspecified atom stereocenters.